The van der Waals surface area contributed by atoms with Crippen LogP contribution in [0.2, 0.25) is 0 Å². The van der Waals surface area contributed by atoms with Crippen molar-refractivity contribution in [1.82, 2.24) is 4.57 Å². The van der Waals surface area contributed by atoms with Crippen LogP contribution in [0.4, 0.5) is 34.9 Å². The van der Waals surface area contributed by atoms with Crippen LogP contribution in [0.25, 0.3) is 33.2 Å². The van der Waals surface area contributed by atoms with Crippen LogP contribution in [0.5, 0.6) is 23.1 Å². The Bertz CT molecular complexity index is 4530. The van der Waals surface area contributed by atoms with Gasteiger partial charge in [-0.25, -0.2) is 13.2 Å². The van der Waals surface area contributed by atoms with Crippen LogP contribution in [0, 0.1) is 22.4 Å². The van der Waals surface area contributed by atoms with E-state index < -0.39 is 48.0 Å². The summed E-state index contributed by atoms with van der Waals surface area (Å²) >= 11 is 3.34. The molecule has 24 heteroatoms. The van der Waals surface area contributed by atoms with Crippen LogP contribution < -0.4 is 29.5 Å². The number of carbonyl (C=O) groups excluding carboxylic acids is 4. The Labute approximate surface area is 550 Å². The number of aromatic nitrogens is 1. The molecule has 0 radical (unpaired) electrons. The van der Waals surface area contributed by atoms with Crippen LogP contribution in [-0.4, -0.2) is 70.6 Å². The highest BCUT2D eigenvalue weighted by molar-refractivity contribution is 9.10. The van der Waals surface area contributed by atoms with Crippen molar-refractivity contribution in [3.05, 3.63) is 253 Å². The van der Waals surface area contributed by atoms with E-state index in [2.05, 4.69) is 21.1 Å². The maximum Gasteiger partial charge on any atom is 0.488 e. The molecule has 0 unspecified atom stereocenters. The predicted molar refractivity (Wildman–Crippen MR) is 353 cm³/mol. The van der Waals surface area contributed by atoms with Crippen LogP contribution >= 0.6 is 15.9 Å². The highest BCUT2D eigenvalue weighted by Gasteiger charge is 2.38. The first-order valence-corrected chi connectivity index (χ1v) is 29.3. The second kappa shape index (κ2) is 30.2. The summed E-state index contributed by atoms with van der Waals surface area (Å²) in [5.74, 6) is -2.41. The number of amides is 2. The van der Waals surface area contributed by atoms with Gasteiger partial charge in [0, 0.05) is 43.2 Å². The van der Waals surface area contributed by atoms with Gasteiger partial charge in [-0.05, 0) is 112 Å². The zero-order chi connectivity index (χ0) is 64.2. The van der Waals surface area contributed by atoms with Gasteiger partial charge in [-0.15, -0.1) is 4.91 Å². The summed E-state index contributed by atoms with van der Waals surface area (Å²) in [5.41, 5.74) is 9.93. The van der Waals surface area contributed by atoms with Gasteiger partial charge < -0.3 is 57.9 Å². The summed E-state index contributed by atoms with van der Waals surface area (Å²) in [4.78, 5) is 63.8. The number of ketones is 2. The molecule has 15 rings (SSSR count). The molecule has 10 aromatic rings. The van der Waals surface area contributed by atoms with Crippen molar-refractivity contribution in [1.29, 1.82) is 0 Å². The third-order valence-electron chi connectivity index (χ3n) is 15.6. The van der Waals surface area contributed by atoms with Crippen molar-refractivity contribution < 1.29 is 80.6 Å². The quantitative estimate of drug-likeness (QED) is 0.0501. The first-order chi connectivity index (χ1) is 44.6. The van der Waals surface area contributed by atoms with Gasteiger partial charge in [-0.1, -0.05) is 134 Å². The fourth-order valence-corrected chi connectivity index (χ4v) is 11.7. The third kappa shape index (κ3) is 14.6. The highest BCUT2D eigenvalue weighted by atomic mass is 79.9. The lowest BCUT2D eigenvalue weighted by atomic mass is 9.81. The SMILES string of the molecule is C.C.F.O=C1C(=O)N(Cc2cc(F)cc3c2OCOC3)c2cc(-c3ccccc3)ccc21.O=C1C(=O)N(Cc2cc(F)cc3c2OCOC3)c2cc(Br)ccc21.O=Nc1c(O)n(Cc2cc(F)cc3c2OCOC3)c2cc(-c3ccccc3)ccc12.OB(O)c1ccccc1. The normalized spacial score (nSPS) is 13.7. The number of Topliss-reactive ketones (excluding diaryl/α,β-unsaturated/α-hetero) is 2. The summed E-state index contributed by atoms with van der Waals surface area (Å²) in [7, 11) is -1.34. The van der Waals surface area contributed by atoms with E-state index in [1.54, 1.807) is 59.2 Å². The Morgan fingerprint density at radius 1 is 0.495 bits per heavy atom. The molecular formula is C71H60BBrF4N4O14. The number of anilines is 2. The first kappa shape index (κ1) is 69.0. The van der Waals surface area contributed by atoms with E-state index in [1.807, 2.05) is 91.0 Å². The van der Waals surface area contributed by atoms with Gasteiger partial charge in [0.2, 0.25) is 5.88 Å². The molecule has 1 aromatic heterocycles. The molecule has 0 saturated carbocycles. The minimum atomic E-state index is -1.34. The molecule has 3 N–H and O–H groups in total. The number of aromatic hydroxyl groups is 1. The molecule has 0 bridgehead atoms. The summed E-state index contributed by atoms with van der Waals surface area (Å²) in [6.07, 6.45) is 0. The number of fused-ring (bicyclic) bond motifs is 6. The van der Waals surface area contributed by atoms with Crippen LogP contribution in [0.1, 0.15) is 68.9 Å². The Kier molecular flexibility index (Phi) is 21.9. The maximum absolute atomic E-state index is 14.2. The molecule has 95 heavy (non-hydrogen) atoms. The lowest BCUT2D eigenvalue weighted by Crippen LogP contribution is -2.30. The molecule has 0 fully saturated rings. The Morgan fingerprint density at radius 2 is 0.905 bits per heavy atom. The minimum absolute atomic E-state index is 0. The summed E-state index contributed by atoms with van der Waals surface area (Å²) < 4.78 is 76.7. The minimum Gasteiger partial charge on any atom is -0.493 e. The van der Waals surface area contributed by atoms with E-state index in [0.717, 1.165) is 26.7 Å². The smallest absolute Gasteiger partial charge is 0.488 e. The number of halogens is 5. The average molecular weight is 1360 g/mol. The van der Waals surface area contributed by atoms with Crippen molar-refractivity contribution in [3.8, 4) is 45.4 Å². The monoisotopic (exact) mass is 1360 g/mol. The average Bonchev–Trinajstić information content (AvgIpc) is 1.65. The Morgan fingerprint density at radius 3 is 1.35 bits per heavy atom. The molecule has 0 saturated heterocycles. The van der Waals surface area contributed by atoms with Crippen molar-refractivity contribution in [2.75, 3.05) is 30.2 Å². The molecule has 5 aliphatic heterocycles. The fraction of sp³-hybridized carbons (Fsp3) is 0.155. The zero-order valence-electron chi connectivity index (χ0n) is 48.8. The number of rotatable bonds is 10. The molecule has 18 nitrogen and oxygen atoms in total. The zero-order valence-corrected chi connectivity index (χ0v) is 50.4. The predicted octanol–water partition coefficient (Wildman–Crippen LogP) is 13.5. The molecule has 9 aromatic carbocycles. The van der Waals surface area contributed by atoms with Crippen LogP contribution in [0.3, 0.4) is 0 Å². The van der Waals surface area contributed by atoms with Gasteiger partial charge in [0.15, 0.2) is 26.1 Å². The van der Waals surface area contributed by atoms with Gasteiger partial charge in [-0.2, -0.15) is 0 Å². The topological polar surface area (TPSA) is 225 Å². The van der Waals surface area contributed by atoms with Crippen molar-refractivity contribution in [3.63, 3.8) is 0 Å². The number of carbonyl (C=O) groups is 4. The van der Waals surface area contributed by atoms with Crippen molar-refractivity contribution in [2.24, 2.45) is 5.18 Å². The lowest BCUT2D eigenvalue weighted by Gasteiger charge is -2.24. The van der Waals surface area contributed by atoms with Gasteiger partial charge >= 0.3 is 7.12 Å². The third-order valence-corrected chi connectivity index (χ3v) is 16.1. The fourth-order valence-electron chi connectivity index (χ4n) is 11.3. The molecule has 0 atom stereocenters. The van der Waals surface area contributed by atoms with E-state index in [9.17, 15) is 42.4 Å². The van der Waals surface area contributed by atoms with Crippen molar-refractivity contribution >= 4 is 79.9 Å². The second-order valence-corrected chi connectivity index (χ2v) is 22.3. The molecule has 0 spiro atoms. The Balaban J connectivity index is 0.000000155. The van der Waals surface area contributed by atoms with E-state index in [0.29, 0.717) is 89.5 Å². The lowest BCUT2D eigenvalue weighted by molar-refractivity contribution is -0.115. The molecule has 6 heterocycles. The van der Waals surface area contributed by atoms with Crippen LogP contribution in [0.15, 0.2) is 192 Å². The number of benzene rings is 9. The Hall–Kier alpha value is -10.3. The van der Waals surface area contributed by atoms with E-state index in [-0.39, 0.29) is 91.0 Å². The maximum atomic E-state index is 14.2. The highest BCUT2D eigenvalue weighted by Crippen LogP contribution is 2.43. The summed E-state index contributed by atoms with van der Waals surface area (Å²) in [6, 6.07) is 52.1. The largest absolute Gasteiger partial charge is 0.493 e. The molecule has 0 aliphatic carbocycles. The number of hydrogen-bond acceptors (Lipinski definition) is 15. The second-order valence-electron chi connectivity index (χ2n) is 21.4. The van der Waals surface area contributed by atoms with Crippen LogP contribution in [-0.2, 0) is 63.3 Å². The van der Waals surface area contributed by atoms with Gasteiger partial charge in [0.25, 0.3) is 23.4 Å². The molecule has 486 valence electrons. The van der Waals surface area contributed by atoms with E-state index in [1.165, 1.54) is 46.2 Å². The van der Waals surface area contributed by atoms with Crippen molar-refractivity contribution in [2.45, 2.75) is 54.3 Å². The number of nitrogens with zero attached hydrogens (tertiary/aromatic N) is 4. The van der Waals surface area contributed by atoms with E-state index in [4.69, 9.17) is 38.5 Å². The van der Waals surface area contributed by atoms with Gasteiger partial charge in [-0.3, -0.25) is 23.9 Å². The van der Waals surface area contributed by atoms with Gasteiger partial charge in [0.1, 0.15) is 34.7 Å². The summed E-state index contributed by atoms with van der Waals surface area (Å²) in [5, 5.41) is 31.4. The number of hydrogen-bond donors (Lipinski definition) is 3. The first-order valence-electron chi connectivity index (χ1n) is 28.5. The van der Waals surface area contributed by atoms with E-state index >= 15 is 0 Å². The molecule has 5 aliphatic rings. The molecular weight excluding hydrogens is 1300 g/mol. The standard InChI is InChI=1S/C23H17FN2O4.C23H16FNO4.C17H11BrFNO4.C6H7BO2.2CH4.FH/c24-18-8-16(22-17(9-18)12-29-13-30-22)11-26-20-10-15(14-4-2-1-3-5-14)6-7-19(20)21(25-28)23(26)27;24-18-8-16(22-17(9-18)12-28-13-29-22)11-25-20-10-15(14-4-2-1-3-5-14)6-7-19(20)21(26)23(25)27;18-11-1-2-13-14(5-11)20(17(22)15(13)21)6-9-3-12(19)4-10-7-23-8-24-16(9)10;8-7(9)6-4-2-1-3-5-6;;;/h1-10,27H,11-13H2;1-10H,11-13H2;1-5H,6-8H2;1-5,8-9H;2*1H4;1H. The summed E-state index contributed by atoms with van der Waals surface area (Å²) in [6.45, 7) is 1.13. The van der Waals surface area contributed by atoms with Gasteiger partial charge in [0.05, 0.1) is 67.5 Å². The number of ether oxygens (including phenoxy) is 6. The molecule has 2 amide bonds. The number of nitroso groups, excluding NO2 is 1.